The lowest BCUT2D eigenvalue weighted by Gasteiger charge is -2.30. The molecule has 13 heteroatoms. The lowest BCUT2D eigenvalue weighted by atomic mass is 9.91. The van der Waals surface area contributed by atoms with E-state index in [4.69, 9.17) is 11.6 Å². The second-order valence-electron chi connectivity index (χ2n) is 7.78. The van der Waals surface area contributed by atoms with Crippen LogP contribution in [0, 0.1) is 5.95 Å². The van der Waals surface area contributed by atoms with Gasteiger partial charge in [-0.05, 0) is 55.5 Å². The summed E-state index contributed by atoms with van der Waals surface area (Å²) in [5.41, 5.74) is -1.87. The van der Waals surface area contributed by atoms with Crippen molar-refractivity contribution in [3.63, 3.8) is 0 Å². The van der Waals surface area contributed by atoms with Crippen molar-refractivity contribution in [2.75, 3.05) is 0 Å². The van der Waals surface area contributed by atoms with Gasteiger partial charge in [-0.3, -0.25) is 0 Å². The Hall–Kier alpha value is -2.57. The largest absolute Gasteiger partial charge is 0.416 e. The van der Waals surface area contributed by atoms with Crippen LogP contribution in [-0.4, -0.2) is 34.2 Å². The number of sulfonamides is 1. The average molecular weight is 504 g/mol. The number of nitrogens with one attached hydrogen (secondary N) is 1. The summed E-state index contributed by atoms with van der Waals surface area (Å²) in [6, 6.07) is 2.73. The first-order chi connectivity index (χ1) is 15.5. The zero-order valence-corrected chi connectivity index (χ0v) is 18.5. The number of benzene rings is 1. The number of pyridine rings is 1. The van der Waals surface area contributed by atoms with Crippen LogP contribution in [0.4, 0.5) is 17.6 Å². The molecule has 1 N–H and O–H groups in total. The maximum absolute atomic E-state index is 14.2. The fourth-order valence-corrected chi connectivity index (χ4v) is 5.44. The molecule has 0 radical (unpaired) electrons. The molecule has 0 aliphatic heterocycles. The first-order valence-electron chi connectivity index (χ1n) is 9.93. The van der Waals surface area contributed by atoms with E-state index >= 15 is 0 Å². The lowest BCUT2D eigenvalue weighted by Crippen LogP contribution is -2.38. The Morgan fingerprint density at radius 2 is 1.82 bits per heavy atom. The summed E-state index contributed by atoms with van der Waals surface area (Å²) in [5.74, 6) is -1.07. The summed E-state index contributed by atoms with van der Waals surface area (Å²) in [6.07, 6.45) is 1.68. The minimum Gasteiger partial charge on any atom is -0.317 e. The van der Waals surface area contributed by atoms with Crippen LogP contribution in [0.3, 0.4) is 0 Å². The molecule has 1 aromatic carbocycles. The predicted octanol–water partition coefficient (Wildman–Crippen LogP) is 4.61. The number of rotatable bonds is 5. The van der Waals surface area contributed by atoms with Gasteiger partial charge in [0, 0.05) is 23.8 Å². The summed E-state index contributed by atoms with van der Waals surface area (Å²) in [6.45, 7) is 0. The average Bonchev–Trinajstić information content (AvgIpc) is 3.29. The molecule has 4 rings (SSSR count). The quantitative estimate of drug-likeness (QED) is 0.405. The molecule has 33 heavy (non-hydrogen) atoms. The van der Waals surface area contributed by atoms with E-state index in [9.17, 15) is 26.0 Å². The first kappa shape index (κ1) is 23.6. The highest BCUT2D eigenvalue weighted by Crippen LogP contribution is 2.36. The standard InChI is InChI=1S/C20H18ClF4N5O2S/c21-14-7-18(19(22)26-9-14)12-4-13(20(23,24)25)6-17(5-12)33(31,32)29-15-2-1-3-16(8-15)30-10-27-28-11-30/h4-7,9-11,15-16,29H,1-3,8H2. The molecular weight excluding hydrogens is 486 g/mol. The molecule has 1 aliphatic carbocycles. The van der Waals surface area contributed by atoms with Crippen molar-refractivity contribution in [1.29, 1.82) is 0 Å². The molecule has 1 saturated carbocycles. The van der Waals surface area contributed by atoms with Crippen molar-refractivity contribution in [3.8, 4) is 11.1 Å². The van der Waals surface area contributed by atoms with E-state index in [1.54, 1.807) is 4.57 Å². The predicted molar refractivity (Wildman–Crippen MR) is 111 cm³/mol. The number of halogens is 5. The third-order valence-corrected chi connectivity index (χ3v) is 7.19. The number of nitrogens with zero attached hydrogens (tertiary/aromatic N) is 4. The molecular formula is C20H18ClF4N5O2S. The molecule has 7 nitrogen and oxygen atoms in total. The van der Waals surface area contributed by atoms with E-state index in [0.717, 1.165) is 24.8 Å². The van der Waals surface area contributed by atoms with Crippen LogP contribution < -0.4 is 4.72 Å². The third-order valence-electron chi connectivity index (χ3n) is 5.49. The van der Waals surface area contributed by atoms with E-state index in [1.807, 2.05) is 0 Å². The van der Waals surface area contributed by atoms with Gasteiger partial charge in [0.1, 0.15) is 12.7 Å². The van der Waals surface area contributed by atoms with E-state index in [0.29, 0.717) is 31.4 Å². The van der Waals surface area contributed by atoms with Crippen LogP contribution in [0.15, 0.2) is 48.0 Å². The summed E-state index contributed by atoms with van der Waals surface area (Å²) in [7, 11) is -4.35. The summed E-state index contributed by atoms with van der Waals surface area (Å²) in [5, 5.41) is 7.50. The van der Waals surface area contributed by atoms with Crippen molar-refractivity contribution < 1.29 is 26.0 Å². The van der Waals surface area contributed by atoms with Gasteiger partial charge < -0.3 is 4.57 Å². The molecule has 176 valence electrons. The zero-order chi connectivity index (χ0) is 23.8. The van der Waals surface area contributed by atoms with E-state index in [1.165, 1.54) is 12.7 Å². The van der Waals surface area contributed by atoms with E-state index in [2.05, 4.69) is 19.9 Å². The number of alkyl halides is 3. The second-order valence-corrected chi connectivity index (χ2v) is 9.93. The molecule has 1 fully saturated rings. The van der Waals surface area contributed by atoms with Gasteiger partial charge in [-0.2, -0.15) is 17.6 Å². The topological polar surface area (TPSA) is 89.8 Å². The van der Waals surface area contributed by atoms with Gasteiger partial charge in [0.2, 0.25) is 16.0 Å². The van der Waals surface area contributed by atoms with E-state index in [-0.39, 0.29) is 22.2 Å². The Kier molecular flexibility index (Phi) is 6.43. The Labute approximate surface area is 191 Å². The van der Waals surface area contributed by atoms with Gasteiger partial charge in [-0.1, -0.05) is 11.6 Å². The van der Waals surface area contributed by atoms with Gasteiger partial charge in [-0.25, -0.2) is 18.1 Å². The molecule has 0 spiro atoms. The molecule has 3 aromatic rings. The minimum atomic E-state index is -4.85. The molecule has 0 saturated heterocycles. The zero-order valence-electron chi connectivity index (χ0n) is 16.9. The van der Waals surface area contributed by atoms with Crippen molar-refractivity contribution in [1.82, 2.24) is 24.5 Å². The fraction of sp³-hybridized carbons (Fsp3) is 0.350. The second kappa shape index (κ2) is 8.99. The van der Waals surface area contributed by atoms with Gasteiger partial charge in [0.15, 0.2) is 0 Å². The highest BCUT2D eigenvalue weighted by molar-refractivity contribution is 7.89. The lowest BCUT2D eigenvalue weighted by molar-refractivity contribution is -0.137. The van der Waals surface area contributed by atoms with Crippen molar-refractivity contribution in [2.45, 2.75) is 48.8 Å². The Morgan fingerprint density at radius 3 is 2.52 bits per heavy atom. The monoisotopic (exact) mass is 503 g/mol. The summed E-state index contributed by atoms with van der Waals surface area (Å²) < 4.78 is 85.2. The number of hydrogen-bond donors (Lipinski definition) is 1. The summed E-state index contributed by atoms with van der Waals surface area (Å²) >= 11 is 5.82. The summed E-state index contributed by atoms with van der Waals surface area (Å²) in [4.78, 5) is 2.78. The first-order valence-corrected chi connectivity index (χ1v) is 11.8. The Morgan fingerprint density at radius 1 is 1.09 bits per heavy atom. The van der Waals surface area contributed by atoms with Crippen LogP contribution in [0.1, 0.15) is 37.3 Å². The highest BCUT2D eigenvalue weighted by atomic mass is 35.5. The van der Waals surface area contributed by atoms with Crippen molar-refractivity contribution in [3.05, 3.63) is 59.7 Å². The molecule has 2 heterocycles. The van der Waals surface area contributed by atoms with Crippen molar-refractivity contribution in [2.24, 2.45) is 0 Å². The normalized spacial score (nSPS) is 19.5. The van der Waals surface area contributed by atoms with Crippen LogP contribution in [0.2, 0.25) is 5.02 Å². The minimum absolute atomic E-state index is 0.00594. The number of hydrogen-bond acceptors (Lipinski definition) is 5. The van der Waals surface area contributed by atoms with Crippen LogP contribution >= 0.6 is 11.6 Å². The smallest absolute Gasteiger partial charge is 0.317 e. The molecule has 2 unspecified atom stereocenters. The van der Waals surface area contributed by atoms with E-state index < -0.39 is 38.6 Å². The maximum Gasteiger partial charge on any atom is 0.416 e. The highest BCUT2D eigenvalue weighted by Gasteiger charge is 2.34. The third kappa shape index (κ3) is 5.33. The van der Waals surface area contributed by atoms with Gasteiger partial charge in [0.05, 0.1) is 15.5 Å². The van der Waals surface area contributed by atoms with Crippen LogP contribution in [0.5, 0.6) is 0 Å². The molecule has 1 aliphatic rings. The maximum atomic E-state index is 14.2. The molecule has 0 bridgehead atoms. The fourth-order valence-electron chi connectivity index (χ4n) is 3.92. The SMILES string of the molecule is O=S(=O)(NC1CCCC(n2cnnc2)C1)c1cc(-c2cc(Cl)cnc2F)cc(C(F)(F)F)c1. The van der Waals surface area contributed by atoms with Gasteiger partial charge >= 0.3 is 6.18 Å². The number of aromatic nitrogens is 4. The van der Waals surface area contributed by atoms with Gasteiger partial charge in [0.25, 0.3) is 0 Å². The van der Waals surface area contributed by atoms with Crippen LogP contribution in [0.25, 0.3) is 11.1 Å². The van der Waals surface area contributed by atoms with Crippen molar-refractivity contribution >= 4 is 21.6 Å². The Balaban J connectivity index is 1.68. The Bertz CT molecular complexity index is 1250. The molecule has 0 amide bonds. The van der Waals surface area contributed by atoms with Gasteiger partial charge in [-0.15, -0.1) is 10.2 Å². The molecule has 2 aromatic heterocycles. The van der Waals surface area contributed by atoms with Crippen LogP contribution in [-0.2, 0) is 16.2 Å². The molecule has 2 atom stereocenters.